The first-order valence-corrected chi connectivity index (χ1v) is 5.10. The maximum atomic E-state index is 9.27. The molecule has 0 amide bonds. The number of aliphatic hydroxyl groups excluding tert-OH is 1. The summed E-state index contributed by atoms with van der Waals surface area (Å²) in [5.41, 5.74) is 0.561. The van der Waals surface area contributed by atoms with Gasteiger partial charge in [0.15, 0.2) is 0 Å². The third-order valence-corrected chi connectivity index (χ3v) is 2.71. The van der Waals surface area contributed by atoms with Crippen LogP contribution >= 0.6 is 11.6 Å². The molecule has 1 aromatic heterocycles. The molecule has 0 spiro atoms. The minimum atomic E-state index is -0.373. The Labute approximate surface area is 94.9 Å². The van der Waals surface area contributed by atoms with Crippen LogP contribution in [0.4, 0.5) is 5.82 Å². The molecular formula is C10H16ClN3O. The number of aromatic nitrogens is 2. The summed E-state index contributed by atoms with van der Waals surface area (Å²) in [4.78, 5) is 9.95. The standard InChI is InChI=1S/C10H16ClN3O/c1-7-5-12-9(11)13-8(7)14(4)10(2,3)6-15/h5,15H,6H2,1-4H3. The Kier molecular flexibility index (Phi) is 3.52. The van der Waals surface area contributed by atoms with Crippen LogP contribution in [0.1, 0.15) is 19.4 Å². The molecule has 0 bridgehead atoms. The Morgan fingerprint density at radius 3 is 2.67 bits per heavy atom. The molecule has 0 aliphatic carbocycles. The van der Waals surface area contributed by atoms with Crippen molar-refractivity contribution in [2.45, 2.75) is 26.3 Å². The van der Waals surface area contributed by atoms with Crippen molar-refractivity contribution in [3.05, 3.63) is 17.0 Å². The fourth-order valence-corrected chi connectivity index (χ4v) is 1.27. The van der Waals surface area contributed by atoms with E-state index in [2.05, 4.69) is 9.97 Å². The number of hydrogen-bond donors (Lipinski definition) is 1. The van der Waals surface area contributed by atoms with Crippen LogP contribution in [0.15, 0.2) is 6.20 Å². The van der Waals surface area contributed by atoms with Gasteiger partial charge in [-0.1, -0.05) is 0 Å². The lowest BCUT2D eigenvalue weighted by Gasteiger charge is -2.35. The van der Waals surface area contributed by atoms with Crippen molar-refractivity contribution >= 4 is 17.4 Å². The Balaban J connectivity index is 3.10. The number of halogens is 1. The van der Waals surface area contributed by atoms with Crippen LogP contribution in [-0.4, -0.2) is 34.3 Å². The smallest absolute Gasteiger partial charge is 0.224 e. The molecule has 0 saturated heterocycles. The van der Waals surface area contributed by atoms with Gasteiger partial charge in [0.05, 0.1) is 12.1 Å². The fraction of sp³-hybridized carbons (Fsp3) is 0.600. The van der Waals surface area contributed by atoms with Crippen LogP contribution in [-0.2, 0) is 0 Å². The molecular weight excluding hydrogens is 214 g/mol. The average Bonchev–Trinajstić information content (AvgIpc) is 2.20. The quantitative estimate of drug-likeness (QED) is 0.801. The van der Waals surface area contributed by atoms with Crippen LogP contribution < -0.4 is 4.90 Å². The Morgan fingerprint density at radius 2 is 2.13 bits per heavy atom. The van der Waals surface area contributed by atoms with Crippen LogP contribution in [0.5, 0.6) is 0 Å². The summed E-state index contributed by atoms with van der Waals surface area (Å²) >= 11 is 5.74. The van der Waals surface area contributed by atoms with E-state index in [1.807, 2.05) is 32.7 Å². The molecule has 15 heavy (non-hydrogen) atoms. The molecule has 5 heteroatoms. The third-order valence-electron chi connectivity index (χ3n) is 2.53. The lowest BCUT2D eigenvalue weighted by Crippen LogP contribution is -2.45. The van der Waals surface area contributed by atoms with E-state index >= 15 is 0 Å². The molecule has 0 unspecified atom stereocenters. The Hall–Kier alpha value is -0.870. The predicted octanol–water partition coefficient (Wildman–Crippen LogP) is 1.65. The van der Waals surface area contributed by atoms with Crippen molar-refractivity contribution in [2.24, 2.45) is 0 Å². The summed E-state index contributed by atoms with van der Waals surface area (Å²) in [6.45, 7) is 5.82. The zero-order valence-corrected chi connectivity index (χ0v) is 10.2. The summed E-state index contributed by atoms with van der Waals surface area (Å²) in [7, 11) is 1.88. The molecule has 0 atom stereocenters. The van der Waals surface area contributed by atoms with E-state index < -0.39 is 0 Å². The minimum absolute atomic E-state index is 0.0462. The number of aliphatic hydroxyl groups is 1. The number of nitrogens with zero attached hydrogens (tertiary/aromatic N) is 3. The van der Waals surface area contributed by atoms with Crippen molar-refractivity contribution in [3.8, 4) is 0 Å². The predicted molar refractivity (Wildman–Crippen MR) is 61.3 cm³/mol. The van der Waals surface area contributed by atoms with Crippen LogP contribution in [0.3, 0.4) is 0 Å². The summed E-state index contributed by atoms with van der Waals surface area (Å²) < 4.78 is 0. The van der Waals surface area contributed by atoms with Gasteiger partial charge in [-0.15, -0.1) is 0 Å². The van der Waals surface area contributed by atoms with E-state index in [9.17, 15) is 5.11 Å². The first kappa shape index (κ1) is 12.2. The van der Waals surface area contributed by atoms with Crippen LogP contribution in [0, 0.1) is 6.92 Å². The molecule has 1 N–H and O–H groups in total. The van der Waals surface area contributed by atoms with Gasteiger partial charge >= 0.3 is 0 Å². The highest BCUT2D eigenvalue weighted by molar-refractivity contribution is 6.28. The van der Waals surface area contributed by atoms with Crippen molar-refractivity contribution < 1.29 is 5.11 Å². The molecule has 0 aromatic carbocycles. The fourth-order valence-electron chi connectivity index (χ4n) is 1.14. The summed E-state index contributed by atoms with van der Waals surface area (Å²) in [5.74, 6) is 0.744. The maximum absolute atomic E-state index is 9.27. The lowest BCUT2D eigenvalue weighted by molar-refractivity contribution is 0.215. The van der Waals surface area contributed by atoms with Gasteiger partial charge in [-0.2, -0.15) is 0 Å². The van der Waals surface area contributed by atoms with Crippen LogP contribution in [0.2, 0.25) is 5.28 Å². The van der Waals surface area contributed by atoms with Crippen LogP contribution in [0.25, 0.3) is 0 Å². The molecule has 1 rings (SSSR count). The maximum Gasteiger partial charge on any atom is 0.224 e. The Morgan fingerprint density at radius 1 is 1.53 bits per heavy atom. The second kappa shape index (κ2) is 4.33. The SMILES string of the molecule is Cc1cnc(Cl)nc1N(C)C(C)(C)CO. The lowest BCUT2D eigenvalue weighted by atomic mass is 10.0. The molecule has 84 valence electrons. The van der Waals surface area contributed by atoms with E-state index in [4.69, 9.17) is 11.6 Å². The van der Waals surface area contributed by atoms with Gasteiger partial charge in [-0.25, -0.2) is 9.97 Å². The second-order valence-corrected chi connectivity index (χ2v) is 4.51. The van der Waals surface area contributed by atoms with E-state index in [0.29, 0.717) is 0 Å². The molecule has 0 fully saturated rings. The number of anilines is 1. The van der Waals surface area contributed by atoms with Crippen molar-refractivity contribution in [3.63, 3.8) is 0 Å². The Bertz CT molecular complexity index is 355. The number of likely N-dealkylation sites (N-methyl/N-ethyl adjacent to an activating group) is 1. The molecule has 0 aliphatic heterocycles. The van der Waals surface area contributed by atoms with E-state index in [1.54, 1.807) is 6.20 Å². The highest BCUT2D eigenvalue weighted by Gasteiger charge is 2.25. The van der Waals surface area contributed by atoms with Gasteiger partial charge in [-0.3, -0.25) is 0 Å². The number of rotatable bonds is 3. The van der Waals surface area contributed by atoms with E-state index in [1.165, 1.54) is 0 Å². The largest absolute Gasteiger partial charge is 0.394 e. The normalized spacial score (nSPS) is 11.6. The van der Waals surface area contributed by atoms with Gasteiger partial charge in [0.25, 0.3) is 0 Å². The van der Waals surface area contributed by atoms with E-state index in [0.717, 1.165) is 11.4 Å². The first-order valence-electron chi connectivity index (χ1n) is 4.72. The van der Waals surface area contributed by atoms with Gasteiger partial charge < -0.3 is 10.0 Å². The van der Waals surface area contributed by atoms with Gasteiger partial charge in [-0.05, 0) is 32.4 Å². The molecule has 0 aliphatic rings. The zero-order chi connectivity index (χ0) is 11.6. The van der Waals surface area contributed by atoms with E-state index in [-0.39, 0.29) is 17.4 Å². The zero-order valence-electron chi connectivity index (χ0n) is 9.45. The summed E-state index contributed by atoms with van der Waals surface area (Å²) in [6.07, 6.45) is 1.68. The van der Waals surface area contributed by atoms with Crippen molar-refractivity contribution in [1.82, 2.24) is 9.97 Å². The topological polar surface area (TPSA) is 49.2 Å². The molecule has 0 radical (unpaired) electrons. The monoisotopic (exact) mass is 229 g/mol. The summed E-state index contributed by atoms with van der Waals surface area (Å²) in [6, 6.07) is 0. The molecule has 1 heterocycles. The number of aryl methyl sites for hydroxylation is 1. The molecule has 1 aromatic rings. The highest BCUT2D eigenvalue weighted by atomic mass is 35.5. The van der Waals surface area contributed by atoms with Gasteiger partial charge in [0.2, 0.25) is 5.28 Å². The van der Waals surface area contributed by atoms with Gasteiger partial charge in [0.1, 0.15) is 5.82 Å². The molecule has 0 saturated carbocycles. The van der Waals surface area contributed by atoms with Crippen molar-refractivity contribution in [1.29, 1.82) is 0 Å². The third kappa shape index (κ3) is 2.58. The summed E-state index contributed by atoms with van der Waals surface area (Å²) in [5, 5.41) is 9.49. The van der Waals surface area contributed by atoms with Crippen molar-refractivity contribution in [2.75, 3.05) is 18.6 Å². The van der Waals surface area contributed by atoms with Gasteiger partial charge in [0, 0.05) is 18.8 Å². The number of hydrogen-bond acceptors (Lipinski definition) is 4. The first-order chi connectivity index (χ1) is 6.88. The minimum Gasteiger partial charge on any atom is -0.394 e. The highest BCUT2D eigenvalue weighted by Crippen LogP contribution is 2.23. The second-order valence-electron chi connectivity index (χ2n) is 4.18. The molecule has 4 nitrogen and oxygen atoms in total. The average molecular weight is 230 g/mol.